The minimum atomic E-state index is 0.117. The highest BCUT2D eigenvalue weighted by Gasteiger charge is 2.13. The molecule has 0 aliphatic carbocycles. The molecule has 148 valence electrons. The summed E-state index contributed by atoms with van der Waals surface area (Å²) in [6.45, 7) is 9.45. The maximum absolute atomic E-state index is 5.55. The van der Waals surface area contributed by atoms with Gasteiger partial charge in [-0.25, -0.2) is 4.98 Å². The first-order valence-electron chi connectivity index (χ1n) is 9.57. The van der Waals surface area contributed by atoms with Crippen molar-refractivity contribution in [3.8, 4) is 5.88 Å². The van der Waals surface area contributed by atoms with Crippen LogP contribution in [0.4, 0.5) is 0 Å². The molecule has 2 N–H and O–H groups in total. The number of rotatable bonds is 9. The van der Waals surface area contributed by atoms with Crippen LogP contribution in [0, 0.1) is 0 Å². The minimum Gasteiger partial charge on any atom is -0.475 e. The van der Waals surface area contributed by atoms with Gasteiger partial charge in [-0.15, -0.1) is 0 Å². The fraction of sp³-hybridized carbons (Fsp3) is 0.550. The number of ether oxygens (including phenoxy) is 1. The van der Waals surface area contributed by atoms with Gasteiger partial charge in [-0.05, 0) is 32.3 Å². The molecule has 0 radical (unpaired) electrons. The van der Waals surface area contributed by atoms with Crippen LogP contribution in [0.15, 0.2) is 33.9 Å². The van der Waals surface area contributed by atoms with Crippen molar-refractivity contribution in [2.75, 3.05) is 7.05 Å². The van der Waals surface area contributed by atoms with E-state index in [9.17, 15) is 0 Å². The van der Waals surface area contributed by atoms with Gasteiger partial charge in [-0.3, -0.25) is 4.99 Å². The van der Waals surface area contributed by atoms with Gasteiger partial charge in [0.05, 0.1) is 18.3 Å². The Morgan fingerprint density at radius 3 is 2.52 bits per heavy atom. The molecule has 2 aromatic rings. The lowest BCUT2D eigenvalue weighted by molar-refractivity contribution is 0.232. The van der Waals surface area contributed by atoms with Gasteiger partial charge in [-0.1, -0.05) is 25.1 Å². The summed E-state index contributed by atoms with van der Waals surface area (Å²) in [4.78, 5) is 8.54. The Morgan fingerprint density at radius 1 is 1.19 bits per heavy atom. The summed E-state index contributed by atoms with van der Waals surface area (Å²) in [5.74, 6) is 2.58. The molecule has 2 rings (SSSR count). The molecule has 27 heavy (non-hydrogen) atoms. The highest BCUT2D eigenvalue weighted by Crippen LogP contribution is 2.22. The van der Waals surface area contributed by atoms with Gasteiger partial charge < -0.3 is 19.9 Å². The summed E-state index contributed by atoms with van der Waals surface area (Å²) in [6.07, 6.45) is 4.05. The van der Waals surface area contributed by atoms with Crippen molar-refractivity contribution in [1.82, 2.24) is 20.8 Å². The van der Waals surface area contributed by atoms with Gasteiger partial charge in [0.15, 0.2) is 11.7 Å². The van der Waals surface area contributed by atoms with E-state index in [1.165, 1.54) is 0 Å². The van der Waals surface area contributed by atoms with Gasteiger partial charge in [0.2, 0.25) is 5.88 Å². The normalized spacial score (nSPS) is 11.9. The molecule has 0 aromatic carbocycles. The summed E-state index contributed by atoms with van der Waals surface area (Å²) in [5.41, 5.74) is 2.07. The van der Waals surface area contributed by atoms with Crippen molar-refractivity contribution in [3.05, 3.63) is 41.4 Å². The average molecular weight is 374 g/mol. The van der Waals surface area contributed by atoms with Gasteiger partial charge in [0.1, 0.15) is 0 Å². The molecule has 0 spiro atoms. The molecule has 7 heteroatoms. The van der Waals surface area contributed by atoms with Crippen LogP contribution in [-0.2, 0) is 13.1 Å². The first-order chi connectivity index (χ1) is 13.0. The lowest BCUT2D eigenvalue weighted by Gasteiger charge is -2.12. The molecule has 0 aliphatic heterocycles. The zero-order valence-electron chi connectivity index (χ0n) is 17.0. The van der Waals surface area contributed by atoms with Crippen molar-refractivity contribution in [2.45, 2.75) is 65.6 Å². The molecular formula is C20H31N5O2. The Hall–Kier alpha value is -2.57. The van der Waals surface area contributed by atoms with Crippen molar-refractivity contribution in [2.24, 2.45) is 4.99 Å². The third-order valence-corrected chi connectivity index (χ3v) is 4.25. The predicted molar refractivity (Wildman–Crippen MR) is 107 cm³/mol. The molecule has 0 amide bonds. The second kappa shape index (κ2) is 10.5. The number of hydrogen-bond donors (Lipinski definition) is 2. The van der Waals surface area contributed by atoms with Crippen molar-refractivity contribution >= 4 is 5.96 Å². The second-order valence-corrected chi connectivity index (χ2v) is 6.68. The fourth-order valence-corrected chi connectivity index (χ4v) is 2.72. The maximum Gasteiger partial charge on any atom is 0.213 e. The largest absolute Gasteiger partial charge is 0.475 e. The first-order valence-corrected chi connectivity index (χ1v) is 9.57. The number of nitrogens with one attached hydrogen (secondary N) is 2. The first kappa shape index (κ1) is 20.7. The average Bonchev–Trinajstić information content (AvgIpc) is 3.12. The predicted octanol–water partition coefficient (Wildman–Crippen LogP) is 3.63. The highest BCUT2D eigenvalue weighted by molar-refractivity contribution is 5.79. The van der Waals surface area contributed by atoms with E-state index in [0.29, 0.717) is 30.8 Å². The van der Waals surface area contributed by atoms with Crippen LogP contribution < -0.4 is 15.4 Å². The van der Waals surface area contributed by atoms with Crippen LogP contribution in [-0.4, -0.2) is 29.3 Å². The highest BCUT2D eigenvalue weighted by atomic mass is 16.5. The number of guanidine groups is 1. The Balaban J connectivity index is 1.82. The van der Waals surface area contributed by atoms with Crippen molar-refractivity contribution < 1.29 is 9.26 Å². The van der Waals surface area contributed by atoms with Gasteiger partial charge in [0.25, 0.3) is 0 Å². The van der Waals surface area contributed by atoms with Gasteiger partial charge in [0, 0.05) is 37.8 Å². The van der Waals surface area contributed by atoms with Crippen molar-refractivity contribution in [1.29, 1.82) is 0 Å². The minimum absolute atomic E-state index is 0.117. The smallest absolute Gasteiger partial charge is 0.213 e. The van der Waals surface area contributed by atoms with E-state index in [-0.39, 0.29) is 6.10 Å². The summed E-state index contributed by atoms with van der Waals surface area (Å²) in [7, 11) is 1.74. The van der Waals surface area contributed by atoms with Crippen LogP contribution in [0.3, 0.4) is 0 Å². The standard InChI is InChI=1S/C20H31N5O2/c1-6-16(7-2)18-10-17(27-25-18)13-24-20(21-5)23-12-15-8-9-19(22-11-15)26-14(3)4/h8-11,14,16H,6-7,12-13H2,1-5H3,(H2,21,23,24). The summed E-state index contributed by atoms with van der Waals surface area (Å²) in [6, 6.07) is 5.89. The zero-order chi connectivity index (χ0) is 19.6. The fourth-order valence-electron chi connectivity index (χ4n) is 2.72. The second-order valence-electron chi connectivity index (χ2n) is 6.68. The quantitative estimate of drug-likeness (QED) is 0.516. The van der Waals surface area contributed by atoms with E-state index in [1.807, 2.05) is 32.0 Å². The Kier molecular flexibility index (Phi) is 8.10. The number of aliphatic imine (C=N–C) groups is 1. The molecule has 0 atom stereocenters. The van der Waals surface area contributed by atoms with Gasteiger partial charge in [-0.2, -0.15) is 0 Å². The van der Waals surface area contributed by atoms with Gasteiger partial charge >= 0.3 is 0 Å². The third kappa shape index (κ3) is 6.58. The number of aromatic nitrogens is 2. The molecule has 0 bridgehead atoms. The van der Waals surface area contributed by atoms with Crippen LogP contribution >= 0.6 is 0 Å². The lowest BCUT2D eigenvalue weighted by atomic mass is 9.99. The lowest BCUT2D eigenvalue weighted by Crippen LogP contribution is -2.36. The van der Waals surface area contributed by atoms with Crippen LogP contribution in [0.25, 0.3) is 0 Å². The zero-order valence-corrected chi connectivity index (χ0v) is 17.0. The molecule has 7 nitrogen and oxygen atoms in total. The Labute approximate surface area is 161 Å². The summed E-state index contributed by atoms with van der Waals surface area (Å²) < 4.78 is 11.0. The van der Waals surface area contributed by atoms with Crippen LogP contribution in [0.2, 0.25) is 0 Å². The maximum atomic E-state index is 5.55. The molecule has 0 saturated heterocycles. The van der Waals surface area contributed by atoms with Crippen LogP contribution in [0.5, 0.6) is 5.88 Å². The molecule has 2 aromatic heterocycles. The van der Waals surface area contributed by atoms with E-state index >= 15 is 0 Å². The summed E-state index contributed by atoms with van der Waals surface area (Å²) in [5, 5.41) is 10.7. The Bertz CT molecular complexity index is 705. The molecule has 2 heterocycles. The van der Waals surface area contributed by atoms with Crippen LogP contribution in [0.1, 0.15) is 63.5 Å². The van der Waals surface area contributed by atoms with E-state index in [0.717, 1.165) is 29.9 Å². The number of pyridine rings is 1. The Morgan fingerprint density at radius 2 is 1.93 bits per heavy atom. The third-order valence-electron chi connectivity index (χ3n) is 4.25. The monoisotopic (exact) mass is 373 g/mol. The number of nitrogens with zero attached hydrogens (tertiary/aromatic N) is 3. The van der Waals surface area contributed by atoms with Crippen molar-refractivity contribution in [3.63, 3.8) is 0 Å². The molecule has 0 aliphatic rings. The SMILES string of the molecule is CCC(CC)c1cc(CNC(=NC)NCc2ccc(OC(C)C)nc2)on1. The van der Waals surface area contributed by atoms with E-state index < -0.39 is 0 Å². The van der Waals surface area contributed by atoms with E-state index in [1.54, 1.807) is 13.2 Å². The summed E-state index contributed by atoms with van der Waals surface area (Å²) >= 11 is 0. The van der Waals surface area contributed by atoms with E-state index in [2.05, 4.69) is 39.6 Å². The molecule has 0 unspecified atom stereocenters. The molecule has 0 fully saturated rings. The molecular weight excluding hydrogens is 342 g/mol. The molecule has 0 saturated carbocycles. The van der Waals surface area contributed by atoms with E-state index in [4.69, 9.17) is 9.26 Å². The number of hydrogen-bond acceptors (Lipinski definition) is 5. The topological polar surface area (TPSA) is 84.6 Å².